The third-order valence-corrected chi connectivity index (χ3v) is 20.0. The van der Waals surface area contributed by atoms with Gasteiger partial charge in [0.05, 0.1) is 35.9 Å². The molecule has 20 heteroatoms. The van der Waals surface area contributed by atoms with Crippen molar-refractivity contribution >= 4 is 59.3 Å². The maximum atomic E-state index is 15.2. The molecule has 20 nitrogen and oxygen atoms in total. The maximum Gasteiger partial charge on any atom is 0.328 e. The number of ether oxygens (including phenoxy) is 4. The van der Waals surface area contributed by atoms with Crippen LogP contribution in [0.25, 0.3) is 0 Å². The molecule has 2 aromatic rings. The second-order valence-electron chi connectivity index (χ2n) is 29.4. The number of nitrogens with one attached hydrogen (secondary N) is 6. The minimum atomic E-state index is -1.25. The highest BCUT2D eigenvalue weighted by Gasteiger charge is 2.66. The summed E-state index contributed by atoms with van der Waals surface area (Å²) >= 11 is 0. The van der Waals surface area contributed by atoms with Crippen LogP contribution >= 0.6 is 0 Å². The van der Waals surface area contributed by atoms with Gasteiger partial charge in [-0.2, -0.15) is 0 Å². The maximum absolute atomic E-state index is 15.2. The van der Waals surface area contributed by atoms with E-state index < -0.39 is 105 Å². The molecule has 12 bridgehead atoms. The lowest BCUT2D eigenvalue weighted by molar-refractivity contribution is -0.183. The SMILES string of the molecule is COC(=O)[C@H](CC(C)C)NC(=O)[C@@H]1Cc2ccc(cc2)OC(=O)C23CC4CC(C2)CC(C4)(C3)C(=O)Oc2ccc(cc2)C[C@H](C(=O)N[C@H](CC(C)C)C(=O)OC)NC(=O)[C@H](CC(C)C)NC(=O)C23CC4CC(C2)CC(C4)(C3)C(=O)N[C@H](CC(C)C)C(=O)N1. The summed E-state index contributed by atoms with van der Waals surface area (Å²) in [7, 11) is 2.48. The molecular formula is C68H94N6O14. The molecule has 88 heavy (non-hydrogen) atoms. The summed E-state index contributed by atoms with van der Waals surface area (Å²) in [5, 5.41) is 17.8. The molecule has 6 N–H and O–H groups in total. The van der Waals surface area contributed by atoms with Gasteiger partial charge in [0.15, 0.2) is 0 Å². The average Bonchev–Trinajstić information content (AvgIpc) is 0.736. The summed E-state index contributed by atoms with van der Waals surface area (Å²) in [5.41, 5.74) is -2.75. The number of carbonyl (C=O) groups excluding carboxylic acids is 10. The highest BCUT2D eigenvalue weighted by molar-refractivity contribution is 5.97. The van der Waals surface area contributed by atoms with Crippen LogP contribution in [0.15, 0.2) is 48.5 Å². The molecule has 2 aromatic carbocycles. The van der Waals surface area contributed by atoms with Crippen molar-refractivity contribution in [3.63, 3.8) is 0 Å². The van der Waals surface area contributed by atoms with Gasteiger partial charge in [-0.15, -0.1) is 0 Å². The second-order valence-corrected chi connectivity index (χ2v) is 29.4. The number of rotatable bonds is 14. The van der Waals surface area contributed by atoms with Crippen molar-refractivity contribution in [3.8, 4) is 11.5 Å². The van der Waals surface area contributed by atoms with Gasteiger partial charge in [-0.05, 0) is 185 Å². The first-order valence-electron chi connectivity index (χ1n) is 32.2. The van der Waals surface area contributed by atoms with Crippen LogP contribution in [0.4, 0.5) is 0 Å². The Morgan fingerprint density at radius 1 is 0.477 bits per heavy atom. The molecule has 8 fully saturated rings. The van der Waals surface area contributed by atoms with E-state index >= 15 is 9.59 Å². The highest BCUT2D eigenvalue weighted by Crippen LogP contribution is 2.67. The van der Waals surface area contributed by atoms with Gasteiger partial charge in [0.2, 0.25) is 35.4 Å². The van der Waals surface area contributed by atoms with Crippen molar-refractivity contribution in [1.29, 1.82) is 0 Å². The Hall–Kier alpha value is -6.86. The zero-order valence-electron chi connectivity index (χ0n) is 53.1. The van der Waals surface area contributed by atoms with Gasteiger partial charge in [0.1, 0.15) is 47.8 Å². The average molecular weight is 1220 g/mol. The van der Waals surface area contributed by atoms with Gasteiger partial charge in [-0.1, -0.05) is 79.7 Å². The third kappa shape index (κ3) is 14.7. The van der Waals surface area contributed by atoms with Crippen molar-refractivity contribution in [2.75, 3.05) is 14.2 Å². The Labute approximate surface area is 517 Å². The number of carbonyl (C=O) groups is 10. The van der Waals surface area contributed by atoms with Crippen molar-refractivity contribution in [1.82, 2.24) is 31.9 Å². The van der Waals surface area contributed by atoms with Gasteiger partial charge >= 0.3 is 23.9 Å². The van der Waals surface area contributed by atoms with Crippen molar-refractivity contribution in [2.24, 2.45) is 69.0 Å². The zero-order valence-corrected chi connectivity index (χ0v) is 53.1. The van der Waals surface area contributed by atoms with E-state index in [4.69, 9.17) is 18.9 Å². The van der Waals surface area contributed by atoms with Crippen LogP contribution in [0.5, 0.6) is 11.5 Å². The fraction of sp³-hybridized carbons (Fsp3) is 0.676. The largest absolute Gasteiger partial charge is 0.467 e. The molecule has 8 aliphatic carbocycles. The van der Waals surface area contributed by atoms with E-state index in [2.05, 4.69) is 31.9 Å². The van der Waals surface area contributed by atoms with Crippen LogP contribution < -0.4 is 41.4 Å². The quantitative estimate of drug-likeness (QED) is 0.0829. The third-order valence-electron chi connectivity index (χ3n) is 20.0. The number of hydrogen-bond donors (Lipinski definition) is 6. The van der Waals surface area contributed by atoms with Crippen molar-refractivity contribution < 1.29 is 66.9 Å². The van der Waals surface area contributed by atoms with Crippen molar-refractivity contribution in [3.05, 3.63) is 59.7 Å². The summed E-state index contributed by atoms with van der Waals surface area (Å²) in [6, 6.07) is 6.61. The van der Waals surface area contributed by atoms with E-state index in [-0.39, 0.29) is 122 Å². The lowest BCUT2D eigenvalue weighted by atomic mass is 9.43. The minimum Gasteiger partial charge on any atom is -0.467 e. The van der Waals surface area contributed by atoms with Gasteiger partial charge in [0, 0.05) is 12.8 Å². The summed E-state index contributed by atoms with van der Waals surface area (Å²) in [5.74, 6) is -4.89. The number of methoxy groups -OCH3 is 2. The highest BCUT2D eigenvalue weighted by atomic mass is 16.5. The van der Waals surface area contributed by atoms with Gasteiger partial charge in [-0.25, -0.2) is 9.59 Å². The Morgan fingerprint density at radius 2 is 0.795 bits per heavy atom. The zero-order chi connectivity index (χ0) is 63.6. The molecule has 3 aliphatic heterocycles. The van der Waals surface area contributed by atoms with Crippen LogP contribution in [0, 0.1) is 69.0 Å². The van der Waals surface area contributed by atoms with E-state index in [1.54, 1.807) is 48.5 Å². The monoisotopic (exact) mass is 1220 g/mol. The predicted octanol–water partition coefficient (Wildman–Crippen LogP) is 6.91. The Kier molecular flexibility index (Phi) is 19.9. The van der Waals surface area contributed by atoms with Crippen LogP contribution in [0.1, 0.15) is 169 Å². The van der Waals surface area contributed by atoms with E-state index in [0.717, 1.165) is 12.8 Å². The van der Waals surface area contributed by atoms with E-state index in [0.29, 0.717) is 62.5 Å². The van der Waals surface area contributed by atoms with Crippen molar-refractivity contribution in [2.45, 2.75) is 207 Å². The fourth-order valence-electron chi connectivity index (χ4n) is 17.0. The molecular weight excluding hydrogens is 1120 g/mol. The molecule has 13 rings (SSSR count). The molecule has 3 heterocycles. The lowest BCUT2D eigenvalue weighted by Crippen LogP contribution is -2.64. The molecule has 11 aliphatic rings. The van der Waals surface area contributed by atoms with Gasteiger partial charge < -0.3 is 50.8 Å². The van der Waals surface area contributed by atoms with Gasteiger partial charge in [-0.3, -0.25) is 38.4 Å². The summed E-state index contributed by atoms with van der Waals surface area (Å²) < 4.78 is 22.5. The first-order valence-corrected chi connectivity index (χ1v) is 32.2. The molecule has 0 saturated heterocycles. The van der Waals surface area contributed by atoms with Crippen LogP contribution in [0.2, 0.25) is 0 Å². The molecule has 0 radical (unpaired) electrons. The standard InChI is InChI=1S/C68H94N6O14/c1-37(2)19-49-55(75)69-51(57(77)71-53(21-39(5)6)59(79)85-9)25-41-11-15-47(16-12-41)87-63(83)67-31-45-24-46(32-67)34-68(33-45,36-67)64(84)88-48-17-13-42(14-18-48)26-52(58(78)72-54(22-40(7)8)60(80)86-10)70-56(76)50(20-38(3)4)74-62(82)66-29-43-23-44(30-66)28-65(27-43,35-66)61(81)73-49/h11-18,37-40,43-46,49-54H,19-36H2,1-10H3,(H,69,75)(H,70,76)(H,71,77)(H,72,78)(H,73,81)(H,74,82)/t43?,44?,45?,46?,49-,50+,51+,52-,53+,54-,65?,66?,67?,68?. The predicted molar refractivity (Wildman–Crippen MR) is 324 cm³/mol. The minimum absolute atomic E-state index is 0.00712. The smallest absolute Gasteiger partial charge is 0.328 e. The molecule has 6 amide bonds. The molecule has 4 unspecified atom stereocenters. The van der Waals surface area contributed by atoms with E-state index in [1.165, 1.54) is 14.2 Å². The molecule has 8 saturated carbocycles. The van der Waals surface area contributed by atoms with Gasteiger partial charge in [0.25, 0.3) is 0 Å². The molecule has 10 atom stereocenters. The number of fused-ring (bicyclic) bond motifs is 2. The molecule has 4 spiro atoms. The first kappa shape index (κ1) is 65.6. The number of amides is 6. The normalized spacial score (nSPS) is 32.2. The molecule has 480 valence electrons. The van der Waals surface area contributed by atoms with Crippen LogP contribution in [-0.2, 0) is 70.3 Å². The fourth-order valence-corrected chi connectivity index (χ4v) is 17.0. The first-order chi connectivity index (χ1) is 41.6. The number of esters is 4. The second kappa shape index (κ2) is 26.7. The lowest BCUT2D eigenvalue weighted by Gasteiger charge is -2.60. The Bertz CT molecular complexity index is 2760. The topological polar surface area (TPSA) is 280 Å². The number of hydrogen-bond acceptors (Lipinski definition) is 14. The summed E-state index contributed by atoms with van der Waals surface area (Å²) in [4.78, 5) is 145. The molecule has 0 aromatic heterocycles. The van der Waals surface area contributed by atoms with Crippen LogP contribution in [-0.4, -0.2) is 110 Å². The number of benzene rings is 2. The van der Waals surface area contributed by atoms with E-state index in [9.17, 15) is 38.4 Å². The Balaban J connectivity index is 1.06. The summed E-state index contributed by atoms with van der Waals surface area (Å²) in [6.45, 7) is 15.3. The van der Waals surface area contributed by atoms with E-state index in [1.807, 2.05) is 55.4 Å². The Morgan fingerprint density at radius 3 is 1.10 bits per heavy atom. The summed E-state index contributed by atoms with van der Waals surface area (Å²) in [6.07, 6.45) is 7.28. The van der Waals surface area contributed by atoms with Crippen LogP contribution in [0.3, 0.4) is 0 Å².